The minimum Gasteiger partial charge on any atom is -0.380 e. The van der Waals surface area contributed by atoms with Gasteiger partial charge in [0, 0.05) is 44.6 Å². The van der Waals surface area contributed by atoms with Crippen LogP contribution in [0.2, 0.25) is 0 Å². The molecule has 1 N–H and O–H groups in total. The van der Waals surface area contributed by atoms with Crippen LogP contribution in [0.5, 0.6) is 0 Å². The van der Waals surface area contributed by atoms with Crippen molar-refractivity contribution in [3.05, 3.63) is 18.2 Å². The summed E-state index contributed by atoms with van der Waals surface area (Å²) in [6, 6.07) is 0. The summed E-state index contributed by atoms with van der Waals surface area (Å²) in [5.74, 6) is 1.64. The van der Waals surface area contributed by atoms with Crippen molar-refractivity contribution in [1.29, 1.82) is 0 Å². The number of rotatable bonds is 8. The first-order valence-corrected chi connectivity index (χ1v) is 6.05. The lowest BCUT2D eigenvalue weighted by Crippen LogP contribution is -2.24. The van der Waals surface area contributed by atoms with E-state index >= 15 is 0 Å². The molecule has 0 radical (unpaired) electrons. The normalized spacial score (nSPS) is 11.2. The van der Waals surface area contributed by atoms with Gasteiger partial charge in [-0.25, -0.2) is 4.98 Å². The van der Waals surface area contributed by atoms with Crippen LogP contribution < -0.4 is 5.32 Å². The van der Waals surface area contributed by atoms with Gasteiger partial charge in [-0.15, -0.1) is 0 Å². The van der Waals surface area contributed by atoms with E-state index in [1.54, 1.807) is 0 Å². The molecule has 0 amide bonds. The van der Waals surface area contributed by atoms with Gasteiger partial charge in [0.05, 0.1) is 6.61 Å². The molecular formula is C12H23N3O. The average molecular weight is 225 g/mol. The van der Waals surface area contributed by atoms with Crippen molar-refractivity contribution in [2.24, 2.45) is 0 Å². The molecule has 0 aromatic carbocycles. The minimum atomic E-state index is 0.485. The first kappa shape index (κ1) is 13.2. The average Bonchev–Trinajstić information content (AvgIpc) is 2.71. The second kappa shape index (κ2) is 7.41. The summed E-state index contributed by atoms with van der Waals surface area (Å²) in [4.78, 5) is 4.35. The van der Waals surface area contributed by atoms with Gasteiger partial charge >= 0.3 is 0 Å². The van der Waals surface area contributed by atoms with Crippen LogP contribution in [0.15, 0.2) is 12.4 Å². The van der Waals surface area contributed by atoms with Crippen molar-refractivity contribution in [1.82, 2.24) is 14.9 Å². The summed E-state index contributed by atoms with van der Waals surface area (Å²) in [6.07, 6.45) is 3.91. The lowest BCUT2D eigenvalue weighted by molar-refractivity contribution is 0.149. The molecule has 1 aromatic rings. The lowest BCUT2D eigenvalue weighted by Gasteiger charge is -2.10. The summed E-state index contributed by atoms with van der Waals surface area (Å²) in [6.45, 7) is 10.8. The van der Waals surface area contributed by atoms with Gasteiger partial charge in [0.25, 0.3) is 0 Å². The standard InChI is InChI=1S/C12H23N3O/c1-4-16-10-7-13-5-8-15-9-6-14-12(15)11(2)3/h6,9,11,13H,4-5,7-8,10H2,1-3H3. The van der Waals surface area contributed by atoms with Gasteiger partial charge in [-0.3, -0.25) is 0 Å². The Balaban J connectivity index is 2.19. The van der Waals surface area contributed by atoms with E-state index in [1.807, 2.05) is 19.3 Å². The second-order valence-electron chi connectivity index (χ2n) is 4.08. The first-order chi connectivity index (χ1) is 7.75. The molecule has 0 aliphatic carbocycles. The molecule has 0 saturated heterocycles. The van der Waals surface area contributed by atoms with Crippen LogP contribution in [0, 0.1) is 0 Å². The zero-order valence-electron chi connectivity index (χ0n) is 10.6. The van der Waals surface area contributed by atoms with Gasteiger partial charge in [0.15, 0.2) is 0 Å². The number of nitrogens with zero attached hydrogens (tertiary/aromatic N) is 2. The van der Waals surface area contributed by atoms with E-state index < -0.39 is 0 Å². The van der Waals surface area contributed by atoms with E-state index in [1.165, 1.54) is 0 Å². The fourth-order valence-electron chi connectivity index (χ4n) is 1.62. The minimum absolute atomic E-state index is 0.485. The van der Waals surface area contributed by atoms with Crippen LogP contribution >= 0.6 is 0 Å². The highest BCUT2D eigenvalue weighted by molar-refractivity contribution is 4.97. The van der Waals surface area contributed by atoms with E-state index in [0.29, 0.717) is 5.92 Å². The molecule has 4 heteroatoms. The van der Waals surface area contributed by atoms with Crippen molar-refractivity contribution in [2.45, 2.75) is 33.2 Å². The molecule has 0 fully saturated rings. The number of imidazole rings is 1. The Morgan fingerprint density at radius 2 is 2.25 bits per heavy atom. The van der Waals surface area contributed by atoms with Crippen LogP contribution in [-0.2, 0) is 11.3 Å². The molecule has 16 heavy (non-hydrogen) atoms. The fourth-order valence-corrected chi connectivity index (χ4v) is 1.62. The SMILES string of the molecule is CCOCCNCCn1ccnc1C(C)C. The van der Waals surface area contributed by atoms with Gasteiger partial charge in [-0.1, -0.05) is 13.8 Å². The van der Waals surface area contributed by atoms with Crippen LogP contribution in [0.1, 0.15) is 32.5 Å². The number of ether oxygens (including phenoxy) is 1. The molecule has 0 bridgehead atoms. The van der Waals surface area contributed by atoms with Gasteiger partial charge in [-0.2, -0.15) is 0 Å². The van der Waals surface area contributed by atoms with Gasteiger partial charge in [-0.05, 0) is 6.92 Å². The maximum absolute atomic E-state index is 5.25. The van der Waals surface area contributed by atoms with E-state index in [2.05, 4.69) is 28.7 Å². The molecule has 0 spiro atoms. The maximum atomic E-state index is 5.25. The molecule has 0 atom stereocenters. The number of aromatic nitrogens is 2. The van der Waals surface area contributed by atoms with E-state index in [4.69, 9.17) is 4.74 Å². The Morgan fingerprint density at radius 1 is 1.44 bits per heavy atom. The van der Waals surface area contributed by atoms with Gasteiger partial charge < -0.3 is 14.6 Å². The molecular weight excluding hydrogens is 202 g/mol. The number of hydrogen-bond donors (Lipinski definition) is 1. The van der Waals surface area contributed by atoms with Gasteiger partial charge in [0.2, 0.25) is 0 Å². The Hall–Kier alpha value is -0.870. The van der Waals surface area contributed by atoms with Crippen molar-refractivity contribution in [2.75, 3.05) is 26.3 Å². The van der Waals surface area contributed by atoms with Crippen molar-refractivity contribution in [3.63, 3.8) is 0 Å². The predicted octanol–water partition coefficient (Wildman–Crippen LogP) is 1.63. The number of nitrogens with one attached hydrogen (secondary N) is 1. The molecule has 1 heterocycles. The number of hydrogen-bond acceptors (Lipinski definition) is 3. The highest BCUT2D eigenvalue weighted by Gasteiger charge is 2.05. The van der Waals surface area contributed by atoms with Gasteiger partial charge in [0.1, 0.15) is 5.82 Å². The van der Waals surface area contributed by atoms with Crippen LogP contribution in [0.25, 0.3) is 0 Å². The van der Waals surface area contributed by atoms with Crippen molar-refractivity contribution < 1.29 is 4.74 Å². The summed E-state index contributed by atoms with van der Waals surface area (Å²) in [7, 11) is 0. The first-order valence-electron chi connectivity index (χ1n) is 6.05. The maximum Gasteiger partial charge on any atom is 0.111 e. The highest BCUT2D eigenvalue weighted by atomic mass is 16.5. The molecule has 0 saturated carbocycles. The zero-order valence-corrected chi connectivity index (χ0v) is 10.6. The molecule has 92 valence electrons. The third kappa shape index (κ3) is 4.33. The Kier molecular flexibility index (Phi) is 6.11. The third-order valence-electron chi connectivity index (χ3n) is 2.42. The smallest absolute Gasteiger partial charge is 0.111 e. The third-order valence-corrected chi connectivity index (χ3v) is 2.42. The molecule has 0 unspecified atom stereocenters. The fraction of sp³-hybridized carbons (Fsp3) is 0.750. The van der Waals surface area contributed by atoms with Crippen LogP contribution in [0.4, 0.5) is 0 Å². The topological polar surface area (TPSA) is 39.1 Å². The molecule has 0 aliphatic rings. The summed E-state index contributed by atoms with van der Waals surface area (Å²) < 4.78 is 7.46. The predicted molar refractivity (Wildman–Crippen MR) is 65.7 cm³/mol. The Labute approximate surface area is 98.0 Å². The summed E-state index contributed by atoms with van der Waals surface area (Å²) >= 11 is 0. The quantitative estimate of drug-likeness (QED) is 0.684. The monoisotopic (exact) mass is 225 g/mol. The molecule has 1 rings (SSSR count). The molecule has 1 aromatic heterocycles. The van der Waals surface area contributed by atoms with Crippen molar-refractivity contribution in [3.8, 4) is 0 Å². The summed E-state index contributed by atoms with van der Waals surface area (Å²) in [5.41, 5.74) is 0. The van der Waals surface area contributed by atoms with Crippen LogP contribution in [-0.4, -0.2) is 35.9 Å². The zero-order chi connectivity index (χ0) is 11.8. The van der Waals surface area contributed by atoms with Crippen molar-refractivity contribution >= 4 is 0 Å². The largest absolute Gasteiger partial charge is 0.380 e. The van der Waals surface area contributed by atoms with E-state index in [-0.39, 0.29) is 0 Å². The second-order valence-corrected chi connectivity index (χ2v) is 4.08. The lowest BCUT2D eigenvalue weighted by atomic mass is 10.2. The Morgan fingerprint density at radius 3 is 2.94 bits per heavy atom. The summed E-state index contributed by atoms with van der Waals surface area (Å²) in [5, 5.41) is 3.35. The highest BCUT2D eigenvalue weighted by Crippen LogP contribution is 2.10. The molecule has 0 aliphatic heterocycles. The Bertz CT molecular complexity index is 284. The van der Waals surface area contributed by atoms with Crippen LogP contribution in [0.3, 0.4) is 0 Å². The van der Waals surface area contributed by atoms with E-state index in [0.717, 1.165) is 38.7 Å². The molecule has 4 nitrogen and oxygen atoms in total. The van der Waals surface area contributed by atoms with E-state index in [9.17, 15) is 0 Å².